The summed E-state index contributed by atoms with van der Waals surface area (Å²) < 4.78 is 31.8. The van der Waals surface area contributed by atoms with Gasteiger partial charge in [0.1, 0.15) is 11.7 Å². The Bertz CT molecular complexity index is 1170. The number of benzene rings is 2. The quantitative estimate of drug-likeness (QED) is 0.268. The van der Waals surface area contributed by atoms with Gasteiger partial charge in [-0.15, -0.1) is 0 Å². The Hall–Kier alpha value is -3.06. The fourth-order valence-electron chi connectivity index (χ4n) is 2.66. The number of aryl methyl sites for hydroxylation is 2. The second kappa shape index (κ2) is 10.7. The van der Waals surface area contributed by atoms with Crippen LogP contribution in [0.4, 0.5) is 11.4 Å². The molecular formula is C20H22ClN3O8S. The first-order valence-electron chi connectivity index (χ1n) is 9.50. The summed E-state index contributed by atoms with van der Waals surface area (Å²) in [7, 11) is -4.22. The topological polar surface area (TPSA) is 165 Å². The van der Waals surface area contributed by atoms with Gasteiger partial charge in [-0.1, -0.05) is 11.6 Å². The molecule has 0 saturated carbocycles. The third-order valence-corrected chi connectivity index (χ3v) is 6.28. The highest BCUT2D eigenvalue weighted by Gasteiger charge is 2.31. The van der Waals surface area contributed by atoms with E-state index in [0.29, 0.717) is 16.1 Å². The largest absolute Gasteiger partial charge is 0.454 e. The number of carbonyl (C=O) groups is 2. The van der Waals surface area contributed by atoms with Crippen LogP contribution in [0, 0.1) is 24.0 Å². The van der Waals surface area contributed by atoms with Gasteiger partial charge >= 0.3 is 5.97 Å². The molecule has 2 aromatic carbocycles. The predicted molar refractivity (Wildman–Crippen MR) is 119 cm³/mol. The fourth-order valence-corrected chi connectivity index (χ4v) is 4.04. The van der Waals surface area contributed by atoms with E-state index in [1.54, 1.807) is 13.8 Å². The van der Waals surface area contributed by atoms with E-state index in [2.05, 4.69) is 5.32 Å². The van der Waals surface area contributed by atoms with Gasteiger partial charge in [-0.2, -0.15) is 4.72 Å². The molecule has 3 N–H and O–H groups in total. The summed E-state index contributed by atoms with van der Waals surface area (Å²) >= 11 is 5.74. The highest BCUT2D eigenvalue weighted by molar-refractivity contribution is 7.89. The van der Waals surface area contributed by atoms with E-state index in [1.807, 2.05) is 4.72 Å². The lowest BCUT2D eigenvalue weighted by atomic mass is 10.1. The Kier molecular flexibility index (Phi) is 8.50. The minimum Gasteiger partial charge on any atom is -0.454 e. The van der Waals surface area contributed by atoms with Gasteiger partial charge in [0.05, 0.1) is 15.9 Å². The number of hydrogen-bond donors (Lipinski definition) is 3. The number of rotatable bonds is 9. The average Bonchev–Trinajstić information content (AvgIpc) is 2.72. The van der Waals surface area contributed by atoms with Crippen LogP contribution >= 0.6 is 11.6 Å². The third-order valence-electron chi connectivity index (χ3n) is 4.57. The van der Waals surface area contributed by atoms with Gasteiger partial charge in [-0.25, -0.2) is 8.42 Å². The Labute approximate surface area is 194 Å². The summed E-state index contributed by atoms with van der Waals surface area (Å²) in [5, 5.41) is 23.7. The van der Waals surface area contributed by atoms with Gasteiger partial charge in [0.25, 0.3) is 11.6 Å². The van der Waals surface area contributed by atoms with E-state index in [1.165, 1.54) is 36.4 Å². The lowest BCUT2D eigenvalue weighted by molar-refractivity contribution is -0.384. The molecule has 0 saturated heterocycles. The minimum absolute atomic E-state index is 0.0836. The van der Waals surface area contributed by atoms with Crippen molar-refractivity contribution in [2.45, 2.75) is 37.8 Å². The molecule has 0 spiro atoms. The first-order chi connectivity index (χ1) is 15.3. The van der Waals surface area contributed by atoms with E-state index in [0.717, 1.165) is 6.92 Å². The lowest BCUT2D eigenvalue weighted by Crippen LogP contribution is -2.48. The van der Waals surface area contributed by atoms with Crippen LogP contribution in [0.5, 0.6) is 0 Å². The van der Waals surface area contributed by atoms with Gasteiger partial charge in [0.15, 0.2) is 6.61 Å². The standard InChI is InChI=1S/C20H22ClN3O8S/c1-11-8-16(17(24(28)29)9-12(11)2)22-18(26)10-32-20(27)19(13(3)25)23-33(30,31)15-6-4-14(21)5-7-15/h4-9,13,19,23,25H,10H2,1-3H3,(H,22,26)/t13-,19+/m0/s1. The van der Waals surface area contributed by atoms with Crippen molar-refractivity contribution >= 4 is 44.9 Å². The van der Waals surface area contributed by atoms with Crippen LogP contribution < -0.4 is 10.0 Å². The smallest absolute Gasteiger partial charge is 0.327 e. The van der Waals surface area contributed by atoms with Crippen LogP contribution in [-0.2, 0) is 24.3 Å². The van der Waals surface area contributed by atoms with Crippen molar-refractivity contribution < 1.29 is 32.8 Å². The van der Waals surface area contributed by atoms with Crippen molar-refractivity contribution in [2.24, 2.45) is 0 Å². The molecule has 2 rings (SSSR count). The number of amides is 1. The maximum absolute atomic E-state index is 12.5. The number of nitro benzene ring substituents is 1. The van der Waals surface area contributed by atoms with Crippen LogP contribution in [0.1, 0.15) is 18.1 Å². The second-order valence-electron chi connectivity index (χ2n) is 7.16. The number of sulfonamides is 1. The van der Waals surface area contributed by atoms with E-state index >= 15 is 0 Å². The van der Waals surface area contributed by atoms with Crippen molar-refractivity contribution in [3.8, 4) is 0 Å². The van der Waals surface area contributed by atoms with Crippen molar-refractivity contribution in [3.63, 3.8) is 0 Å². The van der Waals surface area contributed by atoms with E-state index < -0.39 is 45.6 Å². The van der Waals surface area contributed by atoms with Crippen molar-refractivity contribution in [1.82, 2.24) is 4.72 Å². The maximum atomic E-state index is 12.5. The normalized spacial score (nSPS) is 13.1. The Balaban J connectivity index is 2.08. The Morgan fingerprint density at radius 2 is 1.76 bits per heavy atom. The molecule has 0 aliphatic carbocycles. The highest BCUT2D eigenvalue weighted by atomic mass is 35.5. The Morgan fingerprint density at radius 1 is 1.18 bits per heavy atom. The molecule has 0 heterocycles. The number of halogens is 1. The molecule has 0 fully saturated rings. The molecule has 0 aliphatic rings. The molecule has 2 aromatic rings. The van der Waals surface area contributed by atoms with Gasteiger partial charge in [0, 0.05) is 11.1 Å². The first-order valence-corrected chi connectivity index (χ1v) is 11.4. The molecule has 0 bridgehead atoms. The van der Waals surface area contributed by atoms with Crippen LogP contribution in [-0.4, -0.2) is 49.1 Å². The second-order valence-corrected chi connectivity index (χ2v) is 9.31. The molecule has 11 nitrogen and oxygen atoms in total. The zero-order valence-electron chi connectivity index (χ0n) is 17.9. The van der Waals surface area contributed by atoms with E-state index in [-0.39, 0.29) is 16.3 Å². The molecule has 1 amide bonds. The zero-order valence-corrected chi connectivity index (χ0v) is 19.4. The van der Waals surface area contributed by atoms with Crippen LogP contribution in [0.3, 0.4) is 0 Å². The van der Waals surface area contributed by atoms with Gasteiger partial charge in [-0.3, -0.25) is 19.7 Å². The number of aliphatic hydroxyl groups excluding tert-OH is 1. The summed E-state index contributed by atoms with van der Waals surface area (Å²) in [6, 6.07) is 6.08. The summed E-state index contributed by atoms with van der Waals surface area (Å²) in [5.74, 6) is -2.10. The van der Waals surface area contributed by atoms with Crippen LogP contribution in [0.25, 0.3) is 0 Å². The molecule has 13 heteroatoms. The molecule has 178 valence electrons. The summed E-state index contributed by atoms with van der Waals surface area (Å²) in [6.45, 7) is 3.68. The molecule has 0 aliphatic heterocycles. The molecule has 2 atom stereocenters. The number of anilines is 1. The van der Waals surface area contributed by atoms with Crippen LogP contribution in [0.2, 0.25) is 5.02 Å². The van der Waals surface area contributed by atoms with Crippen molar-refractivity contribution in [3.05, 3.63) is 62.7 Å². The number of aliphatic hydroxyl groups is 1. The number of nitrogens with one attached hydrogen (secondary N) is 2. The lowest BCUT2D eigenvalue weighted by Gasteiger charge is -2.20. The minimum atomic E-state index is -4.22. The number of ether oxygens (including phenoxy) is 1. The number of hydrogen-bond acceptors (Lipinski definition) is 8. The number of nitrogens with zero attached hydrogens (tertiary/aromatic N) is 1. The van der Waals surface area contributed by atoms with Crippen molar-refractivity contribution in [1.29, 1.82) is 0 Å². The average molecular weight is 500 g/mol. The Morgan fingerprint density at radius 3 is 2.30 bits per heavy atom. The molecule has 33 heavy (non-hydrogen) atoms. The number of nitro groups is 1. The number of esters is 1. The summed E-state index contributed by atoms with van der Waals surface area (Å²) in [4.78, 5) is 34.9. The fraction of sp³-hybridized carbons (Fsp3) is 0.300. The SMILES string of the molecule is Cc1cc(NC(=O)COC(=O)[C@H](NS(=O)(=O)c2ccc(Cl)cc2)[C@H](C)O)c([N+](=O)[O-])cc1C. The summed E-state index contributed by atoms with van der Waals surface area (Å²) in [5.41, 5.74) is 0.924. The van der Waals surface area contributed by atoms with Crippen molar-refractivity contribution in [2.75, 3.05) is 11.9 Å². The molecule has 0 radical (unpaired) electrons. The van der Waals surface area contributed by atoms with E-state index in [9.17, 15) is 33.2 Å². The summed E-state index contributed by atoms with van der Waals surface area (Å²) in [6.07, 6.45) is -1.50. The third kappa shape index (κ3) is 6.96. The first kappa shape index (κ1) is 26.2. The van der Waals surface area contributed by atoms with Gasteiger partial charge in [-0.05, 0) is 62.2 Å². The maximum Gasteiger partial charge on any atom is 0.327 e. The van der Waals surface area contributed by atoms with Crippen LogP contribution in [0.15, 0.2) is 41.3 Å². The number of carbonyl (C=O) groups excluding carboxylic acids is 2. The highest BCUT2D eigenvalue weighted by Crippen LogP contribution is 2.27. The zero-order chi connectivity index (χ0) is 24.9. The predicted octanol–water partition coefficient (Wildman–Crippen LogP) is 2.07. The van der Waals surface area contributed by atoms with E-state index in [4.69, 9.17) is 16.3 Å². The van der Waals surface area contributed by atoms with Gasteiger partial charge in [0.2, 0.25) is 10.0 Å². The van der Waals surface area contributed by atoms with Gasteiger partial charge < -0.3 is 15.2 Å². The molecule has 0 aromatic heterocycles. The molecule has 0 unspecified atom stereocenters. The monoisotopic (exact) mass is 499 g/mol. The molecular weight excluding hydrogens is 478 g/mol.